The van der Waals surface area contributed by atoms with Gasteiger partial charge in [-0.2, -0.15) is 0 Å². The van der Waals surface area contributed by atoms with Crippen molar-refractivity contribution in [2.75, 3.05) is 12.3 Å². The van der Waals surface area contributed by atoms with Crippen molar-refractivity contribution >= 4 is 9.84 Å². The highest BCUT2D eigenvalue weighted by atomic mass is 32.2. The summed E-state index contributed by atoms with van der Waals surface area (Å²) in [6.07, 6.45) is 3.04. The summed E-state index contributed by atoms with van der Waals surface area (Å²) in [7, 11) is -3.20. The second kappa shape index (κ2) is 5.41. The van der Waals surface area contributed by atoms with Crippen LogP contribution in [0, 0.1) is 6.92 Å². The minimum absolute atomic E-state index is 0.107. The van der Waals surface area contributed by atoms with Gasteiger partial charge in [-0.3, -0.25) is 4.98 Å². The first-order chi connectivity index (χ1) is 7.42. The third-order valence-electron chi connectivity index (χ3n) is 2.13. The van der Waals surface area contributed by atoms with Crippen molar-refractivity contribution in [1.29, 1.82) is 0 Å². The molecule has 0 saturated carbocycles. The van der Waals surface area contributed by atoms with Crippen LogP contribution >= 0.6 is 0 Å². The molecule has 90 valence electrons. The summed E-state index contributed by atoms with van der Waals surface area (Å²) in [6.45, 7) is 6.27. The van der Waals surface area contributed by atoms with Crippen LogP contribution in [0.4, 0.5) is 0 Å². The molecule has 1 aromatic rings. The minimum Gasteiger partial charge on any atom is -0.314 e. The van der Waals surface area contributed by atoms with Crippen molar-refractivity contribution in [3.63, 3.8) is 0 Å². The fraction of sp³-hybridized carbons (Fsp3) is 0.545. The van der Waals surface area contributed by atoms with E-state index in [9.17, 15) is 8.42 Å². The number of hydrogen-bond acceptors (Lipinski definition) is 4. The molecule has 5 heteroatoms. The van der Waals surface area contributed by atoms with Crippen LogP contribution in [0.5, 0.6) is 0 Å². The fourth-order valence-corrected chi connectivity index (χ4v) is 2.51. The average Bonchev–Trinajstić information content (AvgIpc) is 2.16. The first-order valence-electron chi connectivity index (χ1n) is 5.29. The smallest absolute Gasteiger partial charge is 0.181 e. The highest BCUT2D eigenvalue weighted by Gasteiger charge is 2.14. The van der Waals surface area contributed by atoms with Gasteiger partial charge in [0.25, 0.3) is 0 Å². The largest absolute Gasteiger partial charge is 0.314 e. The first-order valence-corrected chi connectivity index (χ1v) is 6.95. The van der Waals surface area contributed by atoms with Crippen LogP contribution in [0.25, 0.3) is 0 Å². The number of aryl methyl sites for hydroxylation is 1. The lowest BCUT2D eigenvalue weighted by atomic mass is 10.3. The van der Waals surface area contributed by atoms with E-state index in [0.29, 0.717) is 17.5 Å². The number of sulfone groups is 1. The second-order valence-corrected chi connectivity index (χ2v) is 6.23. The number of aromatic nitrogens is 1. The Morgan fingerprint density at radius 2 is 2.06 bits per heavy atom. The van der Waals surface area contributed by atoms with Crippen molar-refractivity contribution in [2.45, 2.75) is 31.7 Å². The molecule has 0 amide bonds. The Labute approximate surface area is 97.0 Å². The Morgan fingerprint density at radius 3 is 2.62 bits per heavy atom. The van der Waals surface area contributed by atoms with Crippen LogP contribution < -0.4 is 5.32 Å². The topological polar surface area (TPSA) is 59.1 Å². The highest BCUT2D eigenvalue weighted by Crippen LogP contribution is 2.10. The van der Waals surface area contributed by atoms with Gasteiger partial charge in [-0.05, 0) is 18.6 Å². The molecule has 0 aliphatic heterocycles. The van der Waals surface area contributed by atoms with E-state index in [1.165, 1.54) is 6.20 Å². The molecule has 0 aliphatic rings. The Bertz CT molecular complexity index is 441. The molecule has 0 bridgehead atoms. The lowest BCUT2D eigenvalue weighted by molar-refractivity contribution is 0.577. The molecule has 0 fully saturated rings. The maximum Gasteiger partial charge on any atom is 0.181 e. The zero-order valence-electron chi connectivity index (χ0n) is 9.90. The quantitative estimate of drug-likeness (QED) is 0.842. The van der Waals surface area contributed by atoms with Gasteiger partial charge in [-0.25, -0.2) is 8.42 Å². The van der Waals surface area contributed by atoms with Crippen LogP contribution in [0.3, 0.4) is 0 Å². The van der Waals surface area contributed by atoms with E-state index in [1.807, 2.05) is 20.8 Å². The monoisotopic (exact) mass is 242 g/mol. The zero-order valence-corrected chi connectivity index (χ0v) is 10.7. The molecule has 1 aromatic heterocycles. The van der Waals surface area contributed by atoms with Crippen molar-refractivity contribution < 1.29 is 8.42 Å². The molecular formula is C11H18N2O2S. The molecule has 0 saturated heterocycles. The number of pyridine rings is 1. The molecule has 0 radical (unpaired) electrons. The van der Waals surface area contributed by atoms with Gasteiger partial charge in [0.1, 0.15) is 0 Å². The maximum atomic E-state index is 11.9. The summed E-state index contributed by atoms with van der Waals surface area (Å²) < 4.78 is 23.8. The van der Waals surface area contributed by atoms with Crippen LogP contribution in [0.15, 0.2) is 23.4 Å². The predicted molar refractivity (Wildman–Crippen MR) is 64.2 cm³/mol. The minimum atomic E-state index is -3.20. The summed E-state index contributed by atoms with van der Waals surface area (Å²) in [5, 5.41) is 3.09. The number of nitrogens with one attached hydrogen (secondary N) is 1. The van der Waals surface area contributed by atoms with Crippen LogP contribution in [-0.2, 0) is 9.84 Å². The first kappa shape index (κ1) is 13.1. The summed E-state index contributed by atoms with van der Waals surface area (Å²) in [5.41, 5.74) is 0.859. The van der Waals surface area contributed by atoms with Gasteiger partial charge >= 0.3 is 0 Å². The van der Waals surface area contributed by atoms with E-state index in [0.717, 1.165) is 5.56 Å². The Hall–Kier alpha value is -0.940. The standard InChI is InChI=1S/C11H18N2O2S/c1-9(2)13-4-5-16(14,15)11-6-10(3)7-12-8-11/h6-9,13H,4-5H2,1-3H3. The van der Waals surface area contributed by atoms with E-state index < -0.39 is 9.84 Å². The van der Waals surface area contributed by atoms with Gasteiger partial charge in [-0.1, -0.05) is 13.8 Å². The third kappa shape index (κ3) is 3.90. The normalized spacial score (nSPS) is 12.0. The third-order valence-corrected chi connectivity index (χ3v) is 3.82. The number of rotatable bonds is 5. The zero-order chi connectivity index (χ0) is 12.2. The molecule has 16 heavy (non-hydrogen) atoms. The van der Waals surface area contributed by atoms with E-state index in [2.05, 4.69) is 10.3 Å². The molecular weight excluding hydrogens is 224 g/mol. The average molecular weight is 242 g/mol. The Kier molecular flexibility index (Phi) is 4.44. The van der Waals surface area contributed by atoms with Crippen molar-refractivity contribution in [3.05, 3.63) is 24.0 Å². The fourth-order valence-electron chi connectivity index (χ4n) is 1.30. The van der Waals surface area contributed by atoms with Gasteiger partial charge in [-0.15, -0.1) is 0 Å². The summed E-state index contributed by atoms with van der Waals surface area (Å²) in [5.74, 6) is 0.107. The van der Waals surface area contributed by atoms with Gasteiger partial charge in [0, 0.05) is 25.0 Å². The number of hydrogen-bond donors (Lipinski definition) is 1. The van der Waals surface area contributed by atoms with E-state index in [-0.39, 0.29) is 5.75 Å². The molecule has 1 rings (SSSR count). The van der Waals surface area contributed by atoms with Crippen molar-refractivity contribution in [1.82, 2.24) is 10.3 Å². The predicted octanol–water partition coefficient (Wildman–Crippen LogP) is 1.16. The molecule has 0 aromatic carbocycles. The highest BCUT2D eigenvalue weighted by molar-refractivity contribution is 7.91. The SMILES string of the molecule is Cc1cncc(S(=O)(=O)CCNC(C)C)c1. The molecule has 0 unspecified atom stereocenters. The second-order valence-electron chi connectivity index (χ2n) is 4.13. The Balaban J connectivity index is 2.71. The summed E-state index contributed by atoms with van der Waals surface area (Å²) in [4.78, 5) is 4.20. The molecule has 0 aliphatic carbocycles. The molecule has 4 nitrogen and oxygen atoms in total. The van der Waals surface area contributed by atoms with Gasteiger partial charge < -0.3 is 5.32 Å². The number of nitrogens with zero attached hydrogens (tertiary/aromatic N) is 1. The molecule has 1 heterocycles. The van der Waals surface area contributed by atoms with E-state index >= 15 is 0 Å². The van der Waals surface area contributed by atoms with Crippen molar-refractivity contribution in [3.8, 4) is 0 Å². The van der Waals surface area contributed by atoms with Gasteiger partial charge in [0.2, 0.25) is 0 Å². The molecule has 1 N–H and O–H groups in total. The van der Waals surface area contributed by atoms with Gasteiger partial charge in [0.05, 0.1) is 10.6 Å². The lowest BCUT2D eigenvalue weighted by Crippen LogP contribution is -2.28. The van der Waals surface area contributed by atoms with Crippen LogP contribution in [0.1, 0.15) is 19.4 Å². The van der Waals surface area contributed by atoms with Gasteiger partial charge in [0.15, 0.2) is 9.84 Å². The maximum absolute atomic E-state index is 11.9. The molecule has 0 spiro atoms. The summed E-state index contributed by atoms with van der Waals surface area (Å²) >= 11 is 0. The van der Waals surface area contributed by atoms with Crippen molar-refractivity contribution in [2.24, 2.45) is 0 Å². The van der Waals surface area contributed by atoms with Crippen LogP contribution in [-0.4, -0.2) is 31.7 Å². The van der Waals surface area contributed by atoms with E-state index in [1.54, 1.807) is 12.3 Å². The van der Waals surface area contributed by atoms with E-state index in [4.69, 9.17) is 0 Å². The van der Waals surface area contributed by atoms with Crippen LogP contribution in [0.2, 0.25) is 0 Å². The summed E-state index contributed by atoms with van der Waals surface area (Å²) in [6, 6.07) is 1.95. The Morgan fingerprint density at radius 1 is 1.38 bits per heavy atom. The molecule has 0 atom stereocenters. The lowest BCUT2D eigenvalue weighted by Gasteiger charge is -2.08.